The van der Waals surface area contributed by atoms with Gasteiger partial charge in [-0.2, -0.15) is 0 Å². The highest BCUT2D eigenvalue weighted by atomic mass is 15.1. The van der Waals surface area contributed by atoms with Gasteiger partial charge in [0.1, 0.15) is 0 Å². The Bertz CT molecular complexity index is 380. The molecule has 0 spiro atoms. The van der Waals surface area contributed by atoms with Crippen LogP contribution in [0.1, 0.15) is 51.0 Å². The van der Waals surface area contributed by atoms with Gasteiger partial charge < -0.3 is 10.2 Å². The minimum atomic E-state index is 0.482. The van der Waals surface area contributed by atoms with Gasteiger partial charge in [0, 0.05) is 19.6 Å². The third-order valence-corrected chi connectivity index (χ3v) is 4.81. The Hall–Kier alpha value is -0.860. The van der Waals surface area contributed by atoms with E-state index in [1.54, 1.807) is 0 Å². The standard InChI is InChI=1S/C19H32N2/c1-3-20-16-19(13-9-4-5-10-14-19)17-21(2)15-18-11-7-6-8-12-18/h6-8,11-12,20H,3-5,9-10,13-17H2,1-2H3. The average Bonchev–Trinajstić information content (AvgIpc) is 2.72. The first kappa shape index (κ1) is 16.5. The summed E-state index contributed by atoms with van der Waals surface area (Å²) in [6, 6.07) is 10.9. The lowest BCUT2D eigenvalue weighted by atomic mass is 9.79. The summed E-state index contributed by atoms with van der Waals surface area (Å²) in [5.41, 5.74) is 1.91. The van der Waals surface area contributed by atoms with E-state index in [0.29, 0.717) is 5.41 Å². The number of benzene rings is 1. The van der Waals surface area contributed by atoms with Gasteiger partial charge in [-0.25, -0.2) is 0 Å². The minimum Gasteiger partial charge on any atom is -0.316 e. The SMILES string of the molecule is CCNCC1(CN(C)Cc2ccccc2)CCCCCC1. The highest BCUT2D eigenvalue weighted by Gasteiger charge is 2.31. The molecule has 0 saturated heterocycles. The van der Waals surface area contributed by atoms with Gasteiger partial charge >= 0.3 is 0 Å². The first-order chi connectivity index (χ1) is 10.2. The second-order valence-electron chi connectivity index (χ2n) is 6.85. The van der Waals surface area contributed by atoms with Crippen LogP contribution in [0.3, 0.4) is 0 Å². The van der Waals surface area contributed by atoms with Gasteiger partial charge in [0.15, 0.2) is 0 Å². The van der Waals surface area contributed by atoms with Gasteiger partial charge in [0.2, 0.25) is 0 Å². The van der Waals surface area contributed by atoms with Crippen LogP contribution < -0.4 is 5.32 Å². The molecule has 1 aliphatic carbocycles. The molecule has 1 N–H and O–H groups in total. The van der Waals surface area contributed by atoms with Gasteiger partial charge in [-0.3, -0.25) is 0 Å². The smallest absolute Gasteiger partial charge is 0.0230 e. The molecule has 1 aliphatic rings. The zero-order valence-electron chi connectivity index (χ0n) is 13.9. The molecule has 1 fully saturated rings. The number of hydrogen-bond acceptors (Lipinski definition) is 2. The summed E-state index contributed by atoms with van der Waals surface area (Å²) in [7, 11) is 2.28. The predicted molar refractivity (Wildman–Crippen MR) is 91.5 cm³/mol. The van der Waals surface area contributed by atoms with Crippen LogP contribution in [-0.2, 0) is 6.54 Å². The monoisotopic (exact) mass is 288 g/mol. The van der Waals surface area contributed by atoms with Gasteiger partial charge in [-0.1, -0.05) is 62.9 Å². The van der Waals surface area contributed by atoms with Crippen LogP contribution in [-0.4, -0.2) is 31.6 Å². The molecule has 0 atom stereocenters. The minimum absolute atomic E-state index is 0.482. The molecular formula is C19H32N2. The summed E-state index contributed by atoms with van der Waals surface area (Å²) in [5.74, 6) is 0. The Morgan fingerprint density at radius 2 is 1.71 bits per heavy atom. The van der Waals surface area contributed by atoms with E-state index in [1.807, 2.05) is 0 Å². The Labute approximate surface area is 130 Å². The Balaban J connectivity index is 1.96. The van der Waals surface area contributed by atoms with Crippen molar-refractivity contribution >= 4 is 0 Å². The summed E-state index contributed by atoms with van der Waals surface area (Å²) in [5, 5.41) is 3.63. The van der Waals surface area contributed by atoms with E-state index in [1.165, 1.54) is 57.2 Å². The maximum Gasteiger partial charge on any atom is 0.0230 e. The second kappa shape index (κ2) is 8.55. The summed E-state index contributed by atoms with van der Waals surface area (Å²) in [6.45, 7) is 6.77. The van der Waals surface area contributed by atoms with Crippen molar-refractivity contribution in [2.45, 2.75) is 52.0 Å². The molecule has 0 unspecified atom stereocenters. The zero-order chi connectivity index (χ0) is 15.0. The van der Waals surface area contributed by atoms with Crippen molar-refractivity contribution in [3.63, 3.8) is 0 Å². The number of rotatable bonds is 7. The maximum absolute atomic E-state index is 3.63. The molecule has 21 heavy (non-hydrogen) atoms. The first-order valence-electron chi connectivity index (χ1n) is 8.67. The van der Waals surface area contributed by atoms with Crippen molar-refractivity contribution in [2.75, 3.05) is 26.7 Å². The molecule has 0 heterocycles. The molecule has 1 aromatic carbocycles. The van der Waals surface area contributed by atoms with Crippen LogP contribution >= 0.6 is 0 Å². The van der Waals surface area contributed by atoms with Crippen LogP contribution in [0.4, 0.5) is 0 Å². The molecule has 1 aromatic rings. The number of nitrogens with zero attached hydrogens (tertiary/aromatic N) is 1. The van der Waals surface area contributed by atoms with Gasteiger partial charge in [0.25, 0.3) is 0 Å². The van der Waals surface area contributed by atoms with E-state index in [0.717, 1.165) is 13.1 Å². The highest BCUT2D eigenvalue weighted by Crippen LogP contribution is 2.35. The Kier molecular flexibility index (Phi) is 6.72. The van der Waals surface area contributed by atoms with E-state index in [4.69, 9.17) is 0 Å². The van der Waals surface area contributed by atoms with Crippen LogP contribution in [0.2, 0.25) is 0 Å². The molecular weight excluding hydrogens is 256 g/mol. The molecule has 0 aliphatic heterocycles. The molecule has 0 bridgehead atoms. The maximum atomic E-state index is 3.63. The average molecular weight is 288 g/mol. The summed E-state index contributed by atoms with van der Waals surface area (Å²) < 4.78 is 0. The topological polar surface area (TPSA) is 15.3 Å². The lowest BCUT2D eigenvalue weighted by molar-refractivity contribution is 0.142. The van der Waals surface area contributed by atoms with Crippen molar-refractivity contribution in [1.29, 1.82) is 0 Å². The number of hydrogen-bond donors (Lipinski definition) is 1. The lowest BCUT2D eigenvalue weighted by Crippen LogP contribution is -2.42. The summed E-state index contributed by atoms with van der Waals surface area (Å²) >= 11 is 0. The number of nitrogens with one attached hydrogen (secondary N) is 1. The van der Waals surface area contributed by atoms with Crippen LogP contribution in [0, 0.1) is 5.41 Å². The lowest BCUT2D eigenvalue weighted by Gasteiger charge is -2.37. The van der Waals surface area contributed by atoms with Crippen LogP contribution in [0.5, 0.6) is 0 Å². The first-order valence-corrected chi connectivity index (χ1v) is 8.67. The van der Waals surface area contributed by atoms with Gasteiger partial charge in [0.05, 0.1) is 0 Å². The van der Waals surface area contributed by atoms with Crippen molar-refractivity contribution in [3.8, 4) is 0 Å². The molecule has 0 aromatic heterocycles. The van der Waals surface area contributed by atoms with Crippen molar-refractivity contribution in [3.05, 3.63) is 35.9 Å². The molecule has 0 radical (unpaired) electrons. The third kappa shape index (κ3) is 5.44. The molecule has 2 rings (SSSR count). The van der Waals surface area contributed by atoms with E-state index < -0.39 is 0 Å². The Morgan fingerprint density at radius 1 is 1.05 bits per heavy atom. The van der Waals surface area contributed by atoms with Crippen LogP contribution in [0.25, 0.3) is 0 Å². The van der Waals surface area contributed by atoms with E-state index in [9.17, 15) is 0 Å². The fourth-order valence-corrected chi connectivity index (χ4v) is 3.78. The van der Waals surface area contributed by atoms with Gasteiger partial charge in [-0.15, -0.1) is 0 Å². The fourth-order valence-electron chi connectivity index (χ4n) is 3.78. The molecule has 2 nitrogen and oxygen atoms in total. The van der Waals surface area contributed by atoms with E-state index in [-0.39, 0.29) is 0 Å². The molecule has 1 saturated carbocycles. The Morgan fingerprint density at radius 3 is 2.33 bits per heavy atom. The zero-order valence-corrected chi connectivity index (χ0v) is 13.9. The largest absolute Gasteiger partial charge is 0.316 e. The molecule has 0 amide bonds. The molecule has 2 heteroatoms. The van der Waals surface area contributed by atoms with Crippen molar-refractivity contribution in [2.24, 2.45) is 5.41 Å². The van der Waals surface area contributed by atoms with Crippen molar-refractivity contribution in [1.82, 2.24) is 10.2 Å². The quantitative estimate of drug-likeness (QED) is 0.761. The van der Waals surface area contributed by atoms with Gasteiger partial charge in [-0.05, 0) is 37.4 Å². The summed E-state index contributed by atoms with van der Waals surface area (Å²) in [6.07, 6.45) is 8.44. The third-order valence-electron chi connectivity index (χ3n) is 4.81. The summed E-state index contributed by atoms with van der Waals surface area (Å²) in [4.78, 5) is 2.53. The second-order valence-corrected chi connectivity index (χ2v) is 6.85. The van der Waals surface area contributed by atoms with E-state index in [2.05, 4.69) is 54.5 Å². The normalized spacial score (nSPS) is 18.6. The fraction of sp³-hybridized carbons (Fsp3) is 0.684. The predicted octanol–water partition coefficient (Wildman–Crippen LogP) is 4.07. The molecule has 118 valence electrons. The highest BCUT2D eigenvalue weighted by molar-refractivity contribution is 5.14. The van der Waals surface area contributed by atoms with E-state index >= 15 is 0 Å². The van der Waals surface area contributed by atoms with Crippen molar-refractivity contribution < 1.29 is 0 Å². The van der Waals surface area contributed by atoms with Crippen LogP contribution in [0.15, 0.2) is 30.3 Å².